The molecule has 0 radical (unpaired) electrons. The number of benzene rings is 1. The summed E-state index contributed by atoms with van der Waals surface area (Å²) in [7, 11) is 0. The molecule has 1 heterocycles. The lowest BCUT2D eigenvalue weighted by atomic mass is 10.2. The molecule has 0 saturated carbocycles. The van der Waals surface area contributed by atoms with E-state index in [-0.39, 0.29) is 6.61 Å². The molecule has 4 nitrogen and oxygen atoms in total. The number of rotatable bonds is 6. The smallest absolute Gasteiger partial charge is 0.120 e. The average molecular weight is 326 g/mol. The fourth-order valence-electron chi connectivity index (χ4n) is 2.34. The highest BCUT2D eigenvalue weighted by molar-refractivity contribution is 7.99. The number of thiocarbonyl (C=S) groups is 1. The van der Waals surface area contributed by atoms with Gasteiger partial charge in [-0.05, 0) is 12.1 Å². The number of hydrogen-bond acceptors (Lipinski definition) is 5. The minimum Gasteiger partial charge on any atom is -0.491 e. The molecule has 1 saturated heterocycles. The van der Waals surface area contributed by atoms with Crippen LogP contribution in [0.2, 0.25) is 0 Å². The summed E-state index contributed by atoms with van der Waals surface area (Å²) in [5.74, 6) is 1.81. The molecule has 1 aliphatic heterocycles. The van der Waals surface area contributed by atoms with Gasteiger partial charge in [0.05, 0.1) is 0 Å². The van der Waals surface area contributed by atoms with E-state index in [1.807, 2.05) is 30.0 Å². The van der Waals surface area contributed by atoms with Gasteiger partial charge in [0.15, 0.2) is 0 Å². The third-order valence-electron chi connectivity index (χ3n) is 3.36. The lowest BCUT2D eigenvalue weighted by Gasteiger charge is -2.31. The van der Waals surface area contributed by atoms with E-state index in [0.717, 1.165) is 24.4 Å². The van der Waals surface area contributed by atoms with Crippen molar-refractivity contribution in [2.45, 2.75) is 18.3 Å². The molecular weight excluding hydrogens is 304 g/mol. The number of aliphatic hydroxyl groups excluding tert-OH is 1. The first-order valence-corrected chi connectivity index (χ1v) is 8.55. The van der Waals surface area contributed by atoms with Crippen molar-refractivity contribution in [2.24, 2.45) is 5.73 Å². The van der Waals surface area contributed by atoms with Gasteiger partial charge in [0.1, 0.15) is 23.4 Å². The first kappa shape index (κ1) is 16.5. The normalized spacial score (nSPS) is 21.0. The highest BCUT2D eigenvalue weighted by atomic mass is 32.2. The molecule has 2 unspecified atom stereocenters. The van der Waals surface area contributed by atoms with Crippen LogP contribution in [0.1, 0.15) is 12.5 Å². The maximum atomic E-state index is 10.1. The fraction of sp³-hybridized carbons (Fsp3) is 0.533. The van der Waals surface area contributed by atoms with Crippen LogP contribution in [0.3, 0.4) is 0 Å². The van der Waals surface area contributed by atoms with Crippen molar-refractivity contribution in [3.8, 4) is 5.75 Å². The van der Waals surface area contributed by atoms with Gasteiger partial charge in [-0.3, -0.25) is 4.90 Å². The van der Waals surface area contributed by atoms with Gasteiger partial charge in [0, 0.05) is 36.2 Å². The van der Waals surface area contributed by atoms with Crippen LogP contribution in [-0.4, -0.2) is 58.3 Å². The molecule has 1 aliphatic rings. The van der Waals surface area contributed by atoms with Crippen LogP contribution in [0.25, 0.3) is 0 Å². The van der Waals surface area contributed by atoms with Gasteiger partial charge in [0.2, 0.25) is 0 Å². The largest absolute Gasteiger partial charge is 0.491 e. The van der Waals surface area contributed by atoms with Crippen molar-refractivity contribution in [3.63, 3.8) is 0 Å². The summed E-state index contributed by atoms with van der Waals surface area (Å²) in [4.78, 5) is 2.64. The van der Waals surface area contributed by atoms with Crippen LogP contribution in [0.15, 0.2) is 24.3 Å². The second-order valence-electron chi connectivity index (χ2n) is 5.30. The van der Waals surface area contributed by atoms with Crippen molar-refractivity contribution in [3.05, 3.63) is 29.8 Å². The Hall–Kier alpha value is -0.820. The number of nitrogens with two attached hydrogens (primary N) is 1. The van der Waals surface area contributed by atoms with E-state index >= 15 is 0 Å². The van der Waals surface area contributed by atoms with Crippen molar-refractivity contribution >= 4 is 29.0 Å². The summed E-state index contributed by atoms with van der Waals surface area (Å²) in [6.07, 6.45) is -0.492. The summed E-state index contributed by atoms with van der Waals surface area (Å²) in [5.41, 5.74) is 6.37. The third kappa shape index (κ3) is 5.47. The van der Waals surface area contributed by atoms with E-state index in [4.69, 9.17) is 22.7 Å². The number of hydrogen-bond donors (Lipinski definition) is 2. The number of nitrogens with zero attached hydrogens (tertiary/aromatic N) is 1. The summed E-state index contributed by atoms with van der Waals surface area (Å²) >= 11 is 6.93. The topological polar surface area (TPSA) is 58.7 Å². The van der Waals surface area contributed by atoms with Crippen molar-refractivity contribution in [1.82, 2.24) is 4.90 Å². The van der Waals surface area contributed by atoms with Gasteiger partial charge < -0.3 is 15.6 Å². The Labute approximate surface area is 135 Å². The Morgan fingerprint density at radius 1 is 1.62 bits per heavy atom. The van der Waals surface area contributed by atoms with Crippen LogP contribution in [0.5, 0.6) is 5.75 Å². The number of β-amino-alcohol motifs (C(OH)–C–C–N with tert-alkyl or cyclic N) is 1. The first-order chi connectivity index (χ1) is 10.0. The van der Waals surface area contributed by atoms with Gasteiger partial charge in [-0.15, -0.1) is 0 Å². The molecule has 21 heavy (non-hydrogen) atoms. The minimum atomic E-state index is -0.492. The zero-order valence-corrected chi connectivity index (χ0v) is 13.8. The molecule has 0 bridgehead atoms. The van der Waals surface area contributed by atoms with Crippen molar-refractivity contribution in [1.29, 1.82) is 0 Å². The lowest BCUT2D eigenvalue weighted by molar-refractivity contribution is 0.0697. The van der Waals surface area contributed by atoms with Gasteiger partial charge in [-0.1, -0.05) is 31.3 Å². The third-order valence-corrected chi connectivity index (χ3v) is 4.73. The second-order valence-corrected chi connectivity index (χ2v) is 7.28. The zero-order chi connectivity index (χ0) is 15.2. The maximum absolute atomic E-state index is 10.1. The molecule has 116 valence electrons. The van der Waals surface area contributed by atoms with Crippen molar-refractivity contribution in [2.75, 3.05) is 32.0 Å². The number of ether oxygens (including phenoxy) is 1. The van der Waals surface area contributed by atoms with E-state index in [1.165, 1.54) is 0 Å². The Balaban J connectivity index is 1.79. The van der Waals surface area contributed by atoms with Crippen LogP contribution < -0.4 is 10.5 Å². The van der Waals surface area contributed by atoms with Crippen molar-refractivity contribution < 1.29 is 9.84 Å². The average Bonchev–Trinajstić information content (AvgIpc) is 2.45. The summed E-state index contributed by atoms with van der Waals surface area (Å²) in [5, 5.41) is 10.7. The Bertz CT molecular complexity index is 484. The highest BCUT2D eigenvalue weighted by Crippen LogP contribution is 2.18. The zero-order valence-electron chi connectivity index (χ0n) is 12.2. The summed E-state index contributed by atoms with van der Waals surface area (Å²) in [6, 6.07) is 7.33. The van der Waals surface area contributed by atoms with E-state index in [9.17, 15) is 5.11 Å². The second kappa shape index (κ2) is 7.98. The minimum absolute atomic E-state index is 0.277. The van der Waals surface area contributed by atoms with Gasteiger partial charge in [0.25, 0.3) is 0 Å². The molecule has 1 aromatic rings. The monoisotopic (exact) mass is 326 g/mol. The standard InChI is InChI=1S/C15H22N2O2S2/c1-11-8-17(5-6-21-11)9-13(18)10-19-14-4-2-3-12(7-14)15(16)20/h2-4,7,11,13,18H,5-6,8-10H2,1H3,(H2,16,20). The molecule has 2 rings (SSSR count). The van der Waals surface area contributed by atoms with Crippen LogP contribution in [0, 0.1) is 0 Å². The quantitative estimate of drug-likeness (QED) is 0.773. The molecule has 0 aliphatic carbocycles. The molecule has 0 aromatic heterocycles. The molecule has 0 spiro atoms. The van der Waals surface area contributed by atoms with E-state index in [0.29, 0.717) is 22.5 Å². The molecular formula is C15H22N2O2S2. The SMILES string of the molecule is CC1CN(CC(O)COc2cccc(C(N)=S)c2)CCS1. The Morgan fingerprint density at radius 2 is 2.43 bits per heavy atom. The highest BCUT2D eigenvalue weighted by Gasteiger charge is 2.19. The molecule has 1 fully saturated rings. The fourth-order valence-corrected chi connectivity index (χ4v) is 3.55. The van der Waals surface area contributed by atoms with Crippen LogP contribution >= 0.6 is 24.0 Å². The van der Waals surface area contributed by atoms with Crippen LogP contribution in [-0.2, 0) is 0 Å². The lowest BCUT2D eigenvalue weighted by Crippen LogP contribution is -2.42. The molecule has 3 N–H and O–H groups in total. The molecule has 0 amide bonds. The number of thioether (sulfide) groups is 1. The first-order valence-electron chi connectivity index (χ1n) is 7.09. The number of aliphatic hydroxyl groups is 1. The summed E-state index contributed by atoms with van der Waals surface area (Å²) < 4.78 is 5.63. The van der Waals surface area contributed by atoms with Gasteiger partial charge in [-0.25, -0.2) is 0 Å². The molecule has 6 heteroatoms. The van der Waals surface area contributed by atoms with E-state index in [2.05, 4.69) is 11.8 Å². The predicted octanol–water partition coefficient (Wildman–Crippen LogP) is 1.50. The molecule has 1 aromatic carbocycles. The summed E-state index contributed by atoms with van der Waals surface area (Å²) in [6.45, 7) is 5.21. The maximum Gasteiger partial charge on any atom is 0.120 e. The van der Waals surface area contributed by atoms with Gasteiger partial charge >= 0.3 is 0 Å². The molecule has 2 atom stereocenters. The van der Waals surface area contributed by atoms with Gasteiger partial charge in [-0.2, -0.15) is 11.8 Å². The predicted molar refractivity (Wildman–Crippen MR) is 92.2 cm³/mol. The van der Waals surface area contributed by atoms with Crippen LogP contribution in [0.4, 0.5) is 0 Å². The Morgan fingerprint density at radius 3 is 3.14 bits per heavy atom. The van der Waals surface area contributed by atoms with E-state index < -0.39 is 6.10 Å². The van der Waals surface area contributed by atoms with E-state index in [1.54, 1.807) is 6.07 Å². The Kier molecular flexibility index (Phi) is 6.29.